The van der Waals surface area contributed by atoms with E-state index in [2.05, 4.69) is 0 Å². The Balaban J connectivity index is 1.84. The Morgan fingerprint density at radius 3 is 1.97 bits per heavy atom. The summed E-state index contributed by atoms with van der Waals surface area (Å²) in [7, 11) is 0. The molecule has 174 valence electrons. The van der Waals surface area contributed by atoms with Gasteiger partial charge in [-0.15, -0.1) is 0 Å². The van der Waals surface area contributed by atoms with Gasteiger partial charge >= 0.3 is 6.18 Å². The first-order valence-electron chi connectivity index (χ1n) is 9.65. The number of hydrogen-bond acceptors (Lipinski definition) is 1. The number of benzene rings is 3. The molecular weight excluding hydrogens is 456 g/mol. The fraction of sp³-hybridized carbons (Fsp3) is 0.208. The highest BCUT2D eigenvalue weighted by Gasteiger charge is 2.42. The maximum atomic E-state index is 14.1. The third kappa shape index (κ3) is 5.40. The van der Waals surface area contributed by atoms with Crippen LogP contribution in [0.1, 0.15) is 33.4 Å². The second kappa shape index (κ2) is 9.33. The van der Waals surface area contributed by atoms with E-state index in [1.165, 1.54) is 18.2 Å². The van der Waals surface area contributed by atoms with E-state index in [0.717, 1.165) is 0 Å². The molecule has 3 rings (SSSR count). The summed E-state index contributed by atoms with van der Waals surface area (Å²) in [6.45, 7) is 1.66. The molecule has 0 atom stereocenters. The predicted octanol–water partition coefficient (Wildman–Crippen LogP) is 6.65. The monoisotopic (exact) mass is 472 g/mol. The van der Waals surface area contributed by atoms with E-state index in [4.69, 9.17) is 0 Å². The Morgan fingerprint density at radius 1 is 0.788 bits per heavy atom. The minimum atomic E-state index is -5.66. The second-order valence-corrected chi connectivity index (χ2v) is 7.57. The van der Waals surface area contributed by atoms with Crippen molar-refractivity contribution in [1.82, 2.24) is 0 Å². The lowest BCUT2D eigenvalue weighted by atomic mass is 9.94. The van der Waals surface area contributed by atoms with Crippen LogP contribution in [-0.4, -0.2) is 5.78 Å². The first kappa shape index (κ1) is 24.4. The molecule has 0 heterocycles. The smallest absolute Gasteiger partial charge is 0.299 e. The summed E-state index contributed by atoms with van der Waals surface area (Å²) in [5.74, 6) is -11.0. The maximum Gasteiger partial charge on any atom is 0.422 e. The van der Waals surface area contributed by atoms with Gasteiger partial charge in [0.05, 0.1) is 0 Å². The number of carbonyl (C=O) groups is 1. The van der Waals surface area contributed by atoms with E-state index in [9.17, 15) is 39.9 Å². The van der Waals surface area contributed by atoms with Crippen LogP contribution in [0, 0.1) is 36.0 Å². The van der Waals surface area contributed by atoms with Gasteiger partial charge in [0.25, 0.3) is 0 Å². The fourth-order valence-corrected chi connectivity index (χ4v) is 3.46. The summed E-state index contributed by atoms with van der Waals surface area (Å²) in [4.78, 5) is 12.4. The minimum Gasteiger partial charge on any atom is -0.299 e. The number of aryl methyl sites for hydroxylation is 1. The molecule has 0 saturated heterocycles. The SMILES string of the molecule is Cc1ccc(Cc2cccc(F)c2)cc1CC(=O)Cc1c(F)c(F)c(C(F)(F)F)c(F)c1F. The highest BCUT2D eigenvalue weighted by Crippen LogP contribution is 2.37. The van der Waals surface area contributed by atoms with Crippen molar-refractivity contribution in [1.29, 1.82) is 0 Å². The zero-order chi connectivity index (χ0) is 24.5. The second-order valence-electron chi connectivity index (χ2n) is 7.57. The van der Waals surface area contributed by atoms with Crippen molar-refractivity contribution in [3.8, 4) is 0 Å². The van der Waals surface area contributed by atoms with Crippen molar-refractivity contribution < 1.29 is 39.9 Å². The molecule has 1 nitrogen and oxygen atoms in total. The normalized spacial score (nSPS) is 11.7. The molecule has 0 aliphatic rings. The van der Waals surface area contributed by atoms with Crippen molar-refractivity contribution in [2.45, 2.75) is 32.4 Å². The predicted molar refractivity (Wildman–Crippen MR) is 104 cm³/mol. The van der Waals surface area contributed by atoms with Gasteiger partial charge in [0.15, 0.2) is 23.3 Å². The molecular formula is C24H16F8O. The van der Waals surface area contributed by atoms with Crippen LogP contribution >= 0.6 is 0 Å². The Labute approximate surface area is 183 Å². The molecule has 0 amide bonds. The molecule has 0 bridgehead atoms. The molecule has 0 spiro atoms. The minimum absolute atomic E-state index is 0.331. The zero-order valence-electron chi connectivity index (χ0n) is 17.1. The summed E-state index contributed by atoms with van der Waals surface area (Å²) < 4.78 is 107. The number of rotatable bonds is 6. The molecule has 3 aromatic carbocycles. The maximum absolute atomic E-state index is 14.1. The molecule has 0 unspecified atom stereocenters. The van der Waals surface area contributed by atoms with E-state index in [0.29, 0.717) is 28.7 Å². The number of Topliss-reactive ketones (excluding diaryl/α,β-unsaturated/α-hetero) is 1. The average Bonchev–Trinajstić information content (AvgIpc) is 2.71. The van der Waals surface area contributed by atoms with Crippen molar-refractivity contribution in [2.24, 2.45) is 0 Å². The van der Waals surface area contributed by atoms with Gasteiger partial charge in [-0.1, -0.05) is 30.3 Å². The number of hydrogen-bond donors (Lipinski definition) is 0. The van der Waals surface area contributed by atoms with Crippen LogP contribution in [0.15, 0.2) is 42.5 Å². The van der Waals surface area contributed by atoms with Gasteiger partial charge in [-0.05, 0) is 47.7 Å². The Morgan fingerprint density at radius 2 is 1.39 bits per heavy atom. The van der Waals surface area contributed by atoms with Crippen molar-refractivity contribution in [2.75, 3.05) is 0 Å². The van der Waals surface area contributed by atoms with E-state index in [1.807, 2.05) is 0 Å². The lowest BCUT2D eigenvalue weighted by Crippen LogP contribution is -2.19. The van der Waals surface area contributed by atoms with E-state index >= 15 is 0 Å². The van der Waals surface area contributed by atoms with Gasteiger partial charge in [0, 0.05) is 18.4 Å². The molecule has 0 aromatic heterocycles. The number of carbonyl (C=O) groups excluding carboxylic acids is 1. The molecule has 33 heavy (non-hydrogen) atoms. The largest absolute Gasteiger partial charge is 0.422 e. The van der Waals surface area contributed by atoms with Gasteiger partial charge in [0.2, 0.25) is 0 Å². The van der Waals surface area contributed by atoms with Crippen molar-refractivity contribution >= 4 is 5.78 Å². The summed E-state index contributed by atoms with van der Waals surface area (Å²) in [6, 6.07) is 10.9. The van der Waals surface area contributed by atoms with Crippen LogP contribution < -0.4 is 0 Å². The first-order chi connectivity index (χ1) is 15.4. The molecule has 3 aromatic rings. The third-order valence-corrected chi connectivity index (χ3v) is 5.11. The van der Waals surface area contributed by atoms with Gasteiger partial charge in [-0.2, -0.15) is 13.2 Å². The zero-order valence-corrected chi connectivity index (χ0v) is 17.1. The standard InChI is InChI=1S/C24H16F8O/c1-12-5-6-14(7-13-3-2-4-16(25)9-13)8-15(12)10-17(33)11-18-20(26)22(28)19(24(30,31)32)23(29)21(18)27/h2-6,8-9H,7,10-11H2,1H3. The van der Waals surface area contributed by atoms with Crippen LogP contribution in [0.5, 0.6) is 0 Å². The van der Waals surface area contributed by atoms with E-state index < -0.39 is 58.6 Å². The number of alkyl halides is 3. The Kier molecular flexibility index (Phi) is 6.90. The average molecular weight is 472 g/mol. The van der Waals surface area contributed by atoms with Crippen molar-refractivity contribution in [3.05, 3.63) is 105 Å². The number of halogens is 8. The molecule has 0 saturated carbocycles. The third-order valence-electron chi connectivity index (χ3n) is 5.11. The van der Waals surface area contributed by atoms with Gasteiger partial charge in [-0.25, -0.2) is 22.0 Å². The molecule has 9 heteroatoms. The fourth-order valence-electron chi connectivity index (χ4n) is 3.46. The Hall–Kier alpha value is -3.23. The van der Waals surface area contributed by atoms with Crippen LogP contribution in [0.4, 0.5) is 35.1 Å². The van der Waals surface area contributed by atoms with Crippen LogP contribution in [0.3, 0.4) is 0 Å². The lowest BCUT2D eigenvalue weighted by molar-refractivity contribution is -0.143. The van der Waals surface area contributed by atoms with Gasteiger partial charge < -0.3 is 0 Å². The van der Waals surface area contributed by atoms with Crippen LogP contribution in [0.2, 0.25) is 0 Å². The van der Waals surface area contributed by atoms with Gasteiger partial charge in [-0.3, -0.25) is 4.79 Å². The molecule has 0 fully saturated rings. The van der Waals surface area contributed by atoms with Crippen LogP contribution in [0.25, 0.3) is 0 Å². The topological polar surface area (TPSA) is 17.1 Å². The number of ketones is 1. The summed E-state index contributed by atoms with van der Waals surface area (Å²) >= 11 is 0. The lowest BCUT2D eigenvalue weighted by Gasteiger charge is -2.14. The molecule has 0 aliphatic carbocycles. The highest BCUT2D eigenvalue weighted by atomic mass is 19.4. The molecule has 0 aliphatic heterocycles. The van der Waals surface area contributed by atoms with Gasteiger partial charge in [0.1, 0.15) is 17.2 Å². The summed E-state index contributed by atoms with van der Waals surface area (Å²) in [5.41, 5.74) is -1.64. The van der Waals surface area contributed by atoms with Crippen molar-refractivity contribution in [3.63, 3.8) is 0 Å². The quantitative estimate of drug-likeness (QED) is 0.290. The Bertz CT molecular complexity index is 1180. The van der Waals surface area contributed by atoms with Crippen LogP contribution in [-0.2, 0) is 30.2 Å². The summed E-state index contributed by atoms with van der Waals surface area (Å²) in [6.07, 6.45) is -6.85. The molecule has 0 N–H and O–H groups in total. The molecule has 0 radical (unpaired) electrons. The van der Waals surface area contributed by atoms with E-state index in [1.54, 1.807) is 31.2 Å². The first-order valence-corrected chi connectivity index (χ1v) is 9.65. The van der Waals surface area contributed by atoms with E-state index in [-0.39, 0.29) is 6.42 Å². The highest BCUT2D eigenvalue weighted by molar-refractivity contribution is 5.83. The summed E-state index contributed by atoms with van der Waals surface area (Å²) in [5, 5.41) is 0.